The van der Waals surface area contributed by atoms with Gasteiger partial charge in [-0.1, -0.05) is 24.3 Å². The zero-order valence-electron chi connectivity index (χ0n) is 26.5. The summed E-state index contributed by atoms with van der Waals surface area (Å²) in [5, 5.41) is 40.2. The number of carbonyl (C=O) groups excluding carboxylic acids is 1. The van der Waals surface area contributed by atoms with Gasteiger partial charge in [0.2, 0.25) is 0 Å². The number of fused-ring (bicyclic) bond motifs is 6. The van der Waals surface area contributed by atoms with Crippen molar-refractivity contribution in [2.24, 2.45) is 5.92 Å². The summed E-state index contributed by atoms with van der Waals surface area (Å²) in [5.41, 5.74) is 11.8. The molecule has 0 radical (unpaired) electrons. The lowest BCUT2D eigenvalue weighted by Gasteiger charge is -2.39. The lowest BCUT2D eigenvalue weighted by atomic mass is 9.65. The van der Waals surface area contributed by atoms with Crippen molar-refractivity contribution in [1.82, 2.24) is 4.98 Å². The van der Waals surface area contributed by atoms with E-state index in [1.807, 2.05) is 30.5 Å². The number of anilines is 1. The number of carbonyl (C=O) groups is 1. The Kier molecular flexibility index (Phi) is 8.26. The van der Waals surface area contributed by atoms with Gasteiger partial charge in [-0.3, -0.25) is 4.79 Å². The van der Waals surface area contributed by atoms with E-state index in [9.17, 15) is 25.2 Å². The maximum absolute atomic E-state index is 12.0. The smallest absolute Gasteiger partial charge is 0.302 e. The van der Waals surface area contributed by atoms with E-state index < -0.39 is 25.7 Å². The van der Waals surface area contributed by atoms with Gasteiger partial charge < -0.3 is 45.1 Å². The fourth-order valence-corrected chi connectivity index (χ4v) is 8.13. The molecule has 250 valence electrons. The Morgan fingerprint density at radius 3 is 2.60 bits per heavy atom. The van der Waals surface area contributed by atoms with Crippen LogP contribution in [0, 0.1) is 5.92 Å². The van der Waals surface area contributed by atoms with Crippen LogP contribution in [0.15, 0.2) is 60.8 Å². The number of rotatable bonds is 9. The number of aliphatic hydroxyl groups is 2. The number of ether oxygens (including phenoxy) is 4. The Labute approximate surface area is 277 Å². The van der Waals surface area contributed by atoms with Crippen molar-refractivity contribution in [1.29, 1.82) is 0 Å². The highest BCUT2D eigenvalue weighted by Gasteiger charge is 2.50. The summed E-state index contributed by atoms with van der Waals surface area (Å²) in [4.78, 5) is 16.3. The second-order valence-corrected chi connectivity index (χ2v) is 13.0. The minimum absolute atomic E-state index is 0.0606. The molecule has 6 N–H and O–H groups in total. The molecule has 1 saturated carbocycles. The predicted octanol–water partition coefficient (Wildman–Crippen LogP) is 5.02. The van der Waals surface area contributed by atoms with Crippen LogP contribution < -0.4 is 19.9 Å². The third kappa shape index (κ3) is 5.62. The van der Waals surface area contributed by atoms with Gasteiger partial charge in [0, 0.05) is 41.3 Å². The summed E-state index contributed by atoms with van der Waals surface area (Å²) in [6, 6.07) is 16.0. The minimum Gasteiger partial charge on any atom is -0.508 e. The van der Waals surface area contributed by atoms with Crippen LogP contribution in [0.1, 0.15) is 66.0 Å². The van der Waals surface area contributed by atoms with Crippen LogP contribution in [0.25, 0.3) is 11.1 Å². The molecule has 4 atom stereocenters. The van der Waals surface area contributed by atoms with Crippen molar-refractivity contribution in [3.05, 3.63) is 88.6 Å². The lowest BCUT2D eigenvalue weighted by Crippen LogP contribution is -2.31. The number of aliphatic hydroxyl groups excluding tert-OH is 2. The first-order valence-electron chi connectivity index (χ1n) is 16.0. The largest absolute Gasteiger partial charge is 0.508 e. The SMILES string of the molecule is CC(=O)OCC1c2ccc3c(c2OC1c1ccc(O)c(OCO)c1)C1(CCC(Cc2ccc(N)nc2)C1)Cc1cc(O)cc(OCO)c1-3. The molecule has 0 saturated heterocycles. The number of nitrogens with two attached hydrogens (primary N) is 1. The Bertz CT molecular complexity index is 1860. The molecular weight excluding hydrogens is 616 g/mol. The van der Waals surface area contributed by atoms with Gasteiger partial charge in [0.05, 0.1) is 5.92 Å². The second-order valence-electron chi connectivity index (χ2n) is 13.0. The molecule has 11 nitrogen and oxygen atoms in total. The Morgan fingerprint density at radius 1 is 1.04 bits per heavy atom. The van der Waals surface area contributed by atoms with Gasteiger partial charge in [-0.25, -0.2) is 4.98 Å². The molecule has 11 heteroatoms. The molecule has 4 aromatic rings. The number of nitrogens with zero attached hydrogens (tertiary/aromatic N) is 1. The number of nitrogen functional groups attached to an aromatic ring is 1. The van der Waals surface area contributed by atoms with Crippen LogP contribution in [-0.2, 0) is 27.8 Å². The van der Waals surface area contributed by atoms with E-state index >= 15 is 0 Å². The number of hydrogen-bond acceptors (Lipinski definition) is 11. The van der Waals surface area contributed by atoms with E-state index in [0.29, 0.717) is 35.2 Å². The van der Waals surface area contributed by atoms with E-state index in [2.05, 4.69) is 4.98 Å². The van der Waals surface area contributed by atoms with Crippen molar-refractivity contribution < 1.29 is 44.2 Å². The molecule has 3 aromatic carbocycles. The average molecular weight is 655 g/mol. The molecular formula is C37H38N2O9. The van der Waals surface area contributed by atoms with E-state index in [1.165, 1.54) is 19.1 Å². The molecule has 2 heterocycles. The van der Waals surface area contributed by atoms with Gasteiger partial charge in [-0.2, -0.15) is 0 Å². The molecule has 2 aliphatic carbocycles. The summed E-state index contributed by atoms with van der Waals surface area (Å²) in [6.45, 7) is 0.259. The number of aromatic nitrogens is 1. The zero-order valence-corrected chi connectivity index (χ0v) is 26.5. The van der Waals surface area contributed by atoms with Crippen LogP contribution >= 0.6 is 0 Å². The highest BCUT2D eigenvalue weighted by molar-refractivity contribution is 5.84. The maximum Gasteiger partial charge on any atom is 0.302 e. The van der Waals surface area contributed by atoms with Crippen LogP contribution in [-0.4, -0.2) is 51.6 Å². The van der Waals surface area contributed by atoms with Gasteiger partial charge in [0.1, 0.15) is 35.8 Å². The van der Waals surface area contributed by atoms with Crippen LogP contribution in [0.2, 0.25) is 0 Å². The molecule has 1 aliphatic heterocycles. The monoisotopic (exact) mass is 654 g/mol. The highest BCUT2D eigenvalue weighted by atomic mass is 16.6. The van der Waals surface area contributed by atoms with E-state index in [4.69, 9.17) is 24.7 Å². The number of esters is 1. The standard InChI is InChI=1S/C37H38N2O9/c1-20(42)45-17-28-26-4-5-27-33-24(11-25(43)13-31(33)47-19-41)15-37(9-8-21(14-37)10-22-2-7-32(38)39-16-22)34(27)36(26)48-35(28)23-3-6-29(44)30(12-23)46-18-40/h2-7,11-13,16,21,28,35,40-41,43-44H,8-10,14-15,17-19H2,1H3,(H2,38,39). The molecule has 0 amide bonds. The second kappa shape index (κ2) is 12.6. The number of phenolic OH excluding ortho intramolecular Hbond substituents is 2. The molecule has 7 rings (SSSR count). The Hall–Kier alpha value is -5.00. The quantitative estimate of drug-likeness (QED) is 0.121. The third-order valence-corrected chi connectivity index (χ3v) is 10.00. The van der Waals surface area contributed by atoms with Crippen molar-refractivity contribution >= 4 is 11.8 Å². The molecule has 4 unspecified atom stereocenters. The molecule has 1 aromatic heterocycles. The van der Waals surface area contributed by atoms with E-state index in [1.54, 1.807) is 18.2 Å². The Balaban J connectivity index is 1.37. The first kappa shape index (κ1) is 31.6. The molecule has 3 aliphatic rings. The van der Waals surface area contributed by atoms with Crippen molar-refractivity contribution in [2.45, 2.75) is 56.5 Å². The van der Waals surface area contributed by atoms with Gasteiger partial charge in [-0.05, 0) is 84.5 Å². The van der Waals surface area contributed by atoms with Gasteiger partial charge in [0.25, 0.3) is 0 Å². The predicted molar refractivity (Wildman–Crippen MR) is 175 cm³/mol. The molecule has 1 fully saturated rings. The lowest BCUT2D eigenvalue weighted by molar-refractivity contribution is -0.141. The average Bonchev–Trinajstić information content (AvgIpc) is 3.63. The van der Waals surface area contributed by atoms with Crippen molar-refractivity contribution in [3.8, 4) is 39.9 Å². The van der Waals surface area contributed by atoms with Crippen molar-refractivity contribution in [2.75, 3.05) is 25.9 Å². The molecule has 48 heavy (non-hydrogen) atoms. The normalized spacial score (nSPS) is 22.0. The summed E-state index contributed by atoms with van der Waals surface area (Å²) in [7, 11) is 0. The first-order valence-corrected chi connectivity index (χ1v) is 16.0. The topological polar surface area (TPSA) is 174 Å². The summed E-state index contributed by atoms with van der Waals surface area (Å²) >= 11 is 0. The summed E-state index contributed by atoms with van der Waals surface area (Å²) in [5.74, 6) is 1.15. The number of hydrogen-bond donors (Lipinski definition) is 5. The van der Waals surface area contributed by atoms with Crippen molar-refractivity contribution in [3.63, 3.8) is 0 Å². The zero-order chi connectivity index (χ0) is 33.6. The highest BCUT2D eigenvalue weighted by Crippen LogP contribution is 2.62. The van der Waals surface area contributed by atoms with Gasteiger partial charge in [0.15, 0.2) is 25.1 Å². The fraction of sp³-hybridized carbons (Fsp3) is 0.351. The van der Waals surface area contributed by atoms with Crippen LogP contribution in [0.3, 0.4) is 0 Å². The third-order valence-electron chi connectivity index (χ3n) is 10.00. The Morgan fingerprint density at radius 2 is 1.85 bits per heavy atom. The summed E-state index contributed by atoms with van der Waals surface area (Å²) in [6.07, 6.45) is 5.37. The molecule has 1 spiro atoms. The fourth-order valence-electron chi connectivity index (χ4n) is 8.13. The van der Waals surface area contributed by atoms with E-state index in [-0.39, 0.29) is 35.2 Å². The number of phenols is 2. The number of aromatic hydroxyl groups is 2. The maximum atomic E-state index is 12.0. The van der Waals surface area contributed by atoms with Crippen LogP contribution in [0.4, 0.5) is 5.82 Å². The number of pyridine rings is 1. The first-order chi connectivity index (χ1) is 23.2. The van der Waals surface area contributed by atoms with E-state index in [0.717, 1.165) is 59.1 Å². The summed E-state index contributed by atoms with van der Waals surface area (Å²) < 4.78 is 23.5. The van der Waals surface area contributed by atoms with Gasteiger partial charge in [-0.15, -0.1) is 0 Å². The van der Waals surface area contributed by atoms with Crippen LogP contribution in [0.5, 0.6) is 28.7 Å². The molecule has 0 bridgehead atoms. The minimum atomic E-state index is -0.615. The van der Waals surface area contributed by atoms with Gasteiger partial charge >= 0.3 is 5.97 Å². The number of benzene rings is 3.